The molecular formula is C16H23F2NO. The number of rotatable bonds is 5. The zero-order chi connectivity index (χ0) is 14.5. The van der Waals surface area contributed by atoms with E-state index in [2.05, 4.69) is 12.2 Å². The van der Waals surface area contributed by atoms with Crippen LogP contribution in [-0.4, -0.2) is 19.2 Å². The third-order valence-electron chi connectivity index (χ3n) is 4.14. The normalized spacial score (nSPS) is 26.5. The molecule has 1 aromatic carbocycles. The molecule has 1 fully saturated rings. The van der Waals surface area contributed by atoms with Crippen LogP contribution in [0.2, 0.25) is 0 Å². The van der Waals surface area contributed by atoms with Crippen LogP contribution in [0, 0.1) is 17.6 Å². The fourth-order valence-electron chi connectivity index (χ4n) is 3.08. The van der Waals surface area contributed by atoms with E-state index in [0.717, 1.165) is 25.3 Å². The molecule has 1 saturated carbocycles. The lowest BCUT2D eigenvalue weighted by atomic mass is 9.81. The van der Waals surface area contributed by atoms with Crippen molar-refractivity contribution in [1.29, 1.82) is 0 Å². The van der Waals surface area contributed by atoms with Gasteiger partial charge in [-0.05, 0) is 44.4 Å². The van der Waals surface area contributed by atoms with Crippen molar-refractivity contribution in [3.63, 3.8) is 0 Å². The van der Waals surface area contributed by atoms with Crippen molar-refractivity contribution in [3.8, 4) is 5.75 Å². The van der Waals surface area contributed by atoms with Crippen molar-refractivity contribution >= 4 is 0 Å². The van der Waals surface area contributed by atoms with Crippen LogP contribution in [0.1, 0.15) is 39.0 Å². The van der Waals surface area contributed by atoms with Crippen LogP contribution in [0.25, 0.3) is 0 Å². The molecule has 20 heavy (non-hydrogen) atoms. The molecule has 1 aliphatic rings. The van der Waals surface area contributed by atoms with Crippen LogP contribution in [-0.2, 0) is 0 Å². The highest BCUT2D eigenvalue weighted by Gasteiger charge is 2.31. The van der Waals surface area contributed by atoms with E-state index in [9.17, 15) is 8.78 Å². The van der Waals surface area contributed by atoms with Gasteiger partial charge in [0.25, 0.3) is 0 Å². The van der Waals surface area contributed by atoms with Crippen LogP contribution in [0.4, 0.5) is 8.78 Å². The highest BCUT2D eigenvalue weighted by molar-refractivity contribution is 5.25. The van der Waals surface area contributed by atoms with Crippen LogP contribution in [0.5, 0.6) is 5.75 Å². The molecule has 1 aliphatic carbocycles. The fraction of sp³-hybridized carbons (Fsp3) is 0.625. The molecule has 112 valence electrons. The molecule has 2 nitrogen and oxygen atoms in total. The maximum atomic E-state index is 13.7. The van der Waals surface area contributed by atoms with Crippen molar-refractivity contribution in [2.75, 3.05) is 7.05 Å². The molecule has 0 radical (unpaired) electrons. The Labute approximate surface area is 119 Å². The van der Waals surface area contributed by atoms with Gasteiger partial charge in [-0.25, -0.2) is 8.78 Å². The minimum absolute atomic E-state index is 0.0507. The third-order valence-corrected chi connectivity index (χ3v) is 4.14. The molecule has 0 aliphatic heterocycles. The first kappa shape index (κ1) is 15.2. The topological polar surface area (TPSA) is 21.3 Å². The zero-order valence-corrected chi connectivity index (χ0v) is 12.2. The van der Waals surface area contributed by atoms with Gasteiger partial charge >= 0.3 is 0 Å². The lowest BCUT2D eigenvalue weighted by molar-refractivity contribution is 0.0828. The molecule has 4 heteroatoms. The third kappa shape index (κ3) is 3.69. The molecule has 3 atom stereocenters. The molecular weight excluding hydrogens is 260 g/mol. The summed E-state index contributed by atoms with van der Waals surface area (Å²) in [4.78, 5) is 0. The highest BCUT2D eigenvalue weighted by Crippen LogP contribution is 2.31. The maximum Gasteiger partial charge on any atom is 0.167 e. The number of ether oxygens (including phenoxy) is 1. The number of likely N-dealkylation sites (N-methyl/N-ethyl adjacent to an activating group) is 1. The van der Waals surface area contributed by atoms with Crippen molar-refractivity contribution in [2.24, 2.45) is 5.92 Å². The van der Waals surface area contributed by atoms with E-state index in [-0.39, 0.29) is 17.9 Å². The summed E-state index contributed by atoms with van der Waals surface area (Å²) in [6, 6.07) is 3.71. The van der Waals surface area contributed by atoms with E-state index in [1.54, 1.807) is 0 Å². The van der Waals surface area contributed by atoms with Crippen molar-refractivity contribution in [2.45, 2.75) is 51.2 Å². The molecule has 0 heterocycles. The summed E-state index contributed by atoms with van der Waals surface area (Å²) >= 11 is 0. The maximum absolute atomic E-state index is 13.7. The lowest BCUT2D eigenvalue weighted by Crippen LogP contribution is -2.45. The van der Waals surface area contributed by atoms with Gasteiger partial charge < -0.3 is 10.1 Å². The van der Waals surface area contributed by atoms with Gasteiger partial charge in [0.1, 0.15) is 11.9 Å². The standard InChI is InChI=1S/C16H23F2NO/c1-3-4-11-5-7-14(19-2)16(9-11)20-15-8-6-12(17)10-13(15)18/h6,8,10-11,14,16,19H,3-5,7,9H2,1-2H3. The second kappa shape index (κ2) is 7.02. The summed E-state index contributed by atoms with van der Waals surface area (Å²) in [5.41, 5.74) is 0. The van der Waals surface area contributed by atoms with E-state index in [0.29, 0.717) is 5.92 Å². The second-order valence-electron chi connectivity index (χ2n) is 5.59. The first-order valence-corrected chi connectivity index (χ1v) is 7.43. The Bertz CT molecular complexity index is 438. The SMILES string of the molecule is CCCC1CCC(NC)C(Oc2ccc(F)cc2F)C1. The molecule has 2 rings (SSSR count). The van der Waals surface area contributed by atoms with Crippen LogP contribution in [0.3, 0.4) is 0 Å². The van der Waals surface area contributed by atoms with Crippen molar-refractivity contribution in [3.05, 3.63) is 29.8 Å². The van der Waals surface area contributed by atoms with E-state index in [4.69, 9.17) is 4.74 Å². The summed E-state index contributed by atoms with van der Waals surface area (Å²) in [7, 11) is 1.90. The van der Waals surface area contributed by atoms with Gasteiger partial charge in [-0.2, -0.15) is 0 Å². The largest absolute Gasteiger partial charge is 0.486 e. The Morgan fingerprint density at radius 1 is 1.30 bits per heavy atom. The predicted octanol–water partition coefficient (Wildman–Crippen LogP) is 3.90. The van der Waals surface area contributed by atoms with E-state index < -0.39 is 11.6 Å². The molecule has 0 saturated heterocycles. The van der Waals surface area contributed by atoms with Crippen LogP contribution in [0.15, 0.2) is 18.2 Å². The average molecular weight is 283 g/mol. The Morgan fingerprint density at radius 3 is 2.75 bits per heavy atom. The average Bonchev–Trinajstić information content (AvgIpc) is 2.43. The Morgan fingerprint density at radius 2 is 2.10 bits per heavy atom. The first-order valence-electron chi connectivity index (χ1n) is 7.43. The number of hydrogen-bond acceptors (Lipinski definition) is 2. The lowest BCUT2D eigenvalue weighted by Gasteiger charge is -2.36. The van der Waals surface area contributed by atoms with E-state index in [1.165, 1.54) is 25.0 Å². The zero-order valence-electron chi connectivity index (χ0n) is 12.2. The van der Waals surface area contributed by atoms with Crippen LogP contribution < -0.4 is 10.1 Å². The van der Waals surface area contributed by atoms with Gasteiger partial charge in [0.15, 0.2) is 11.6 Å². The van der Waals surface area contributed by atoms with Crippen LogP contribution >= 0.6 is 0 Å². The van der Waals surface area contributed by atoms with E-state index >= 15 is 0 Å². The summed E-state index contributed by atoms with van der Waals surface area (Å²) in [6.07, 6.45) is 5.44. The molecule has 0 bridgehead atoms. The van der Waals surface area contributed by atoms with E-state index in [1.807, 2.05) is 7.05 Å². The minimum Gasteiger partial charge on any atom is -0.486 e. The molecule has 0 aromatic heterocycles. The molecule has 0 spiro atoms. The van der Waals surface area contributed by atoms with Gasteiger partial charge in [0.05, 0.1) is 0 Å². The Hall–Kier alpha value is -1.16. The summed E-state index contributed by atoms with van der Waals surface area (Å²) in [5, 5.41) is 3.25. The van der Waals surface area contributed by atoms with Crippen molar-refractivity contribution < 1.29 is 13.5 Å². The monoisotopic (exact) mass is 283 g/mol. The quantitative estimate of drug-likeness (QED) is 0.885. The first-order chi connectivity index (χ1) is 9.63. The number of halogens is 2. The van der Waals surface area contributed by atoms with Gasteiger partial charge in [-0.3, -0.25) is 0 Å². The predicted molar refractivity (Wildman–Crippen MR) is 75.9 cm³/mol. The number of nitrogens with one attached hydrogen (secondary N) is 1. The van der Waals surface area contributed by atoms with Gasteiger partial charge in [0, 0.05) is 12.1 Å². The van der Waals surface area contributed by atoms with Gasteiger partial charge in [-0.15, -0.1) is 0 Å². The summed E-state index contributed by atoms with van der Waals surface area (Å²) in [6.45, 7) is 2.18. The summed E-state index contributed by atoms with van der Waals surface area (Å²) in [5.74, 6) is -0.420. The van der Waals surface area contributed by atoms with Gasteiger partial charge in [0.2, 0.25) is 0 Å². The molecule has 3 unspecified atom stereocenters. The smallest absolute Gasteiger partial charge is 0.167 e. The van der Waals surface area contributed by atoms with Crippen molar-refractivity contribution in [1.82, 2.24) is 5.32 Å². The number of hydrogen-bond donors (Lipinski definition) is 1. The second-order valence-corrected chi connectivity index (χ2v) is 5.59. The highest BCUT2D eigenvalue weighted by atomic mass is 19.1. The van der Waals surface area contributed by atoms with Gasteiger partial charge in [-0.1, -0.05) is 19.8 Å². The number of benzene rings is 1. The fourth-order valence-corrected chi connectivity index (χ4v) is 3.08. The Kier molecular flexibility index (Phi) is 5.35. The molecule has 0 amide bonds. The minimum atomic E-state index is -0.627. The molecule has 1 N–H and O–H groups in total. The summed E-state index contributed by atoms with van der Waals surface area (Å²) < 4.78 is 32.4. The molecule has 1 aromatic rings. The Balaban J connectivity index is 2.07.